The van der Waals surface area contributed by atoms with E-state index >= 15 is 0 Å². The molecule has 0 unspecified atom stereocenters. The van der Waals surface area contributed by atoms with Crippen LogP contribution in [-0.2, 0) is 9.84 Å². The van der Waals surface area contributed by atoms with Crippen LogP contribution < -0.4 is 5.32 Å². The minimum atomic E-state index is -3.62. The van der Waals surface area contributed by atoms with Gasteiger partial charge in [0.25, 0.3) is 5.91 Å². The third-order valence-corrected chi connectivity index (χ3v) is 6.69. The van der Waals surface area contributed by atoms with Crippen molar-refractivity contribution in [2.75, 3.05) is 11.6 Å². The highest BCUT2D eigenvalue weighted by Crippen LogP contribution is 2.27. The number of aromatic amines is 1. The van der Waals surface area contributed by atoms with Crippen LogP contribution in [0.5, 0.6) is 0 Å². The number of H-pyrrole nitrogens is 1. The number of fused-ring (bicyclic) bond motifs is 1. The lowest BCUT2D eigenvalue weighted by Gasteiger charge is -2.08. The minimum Gasteiger partial charge on any atom is -0.345 e. The summed E-state index contributed by atoms with van der Waals surface area (Å²) in [6.07, 6.45) is 4.33. The number of hydrogen-bond donors (Lipinski definition) is 2. The Labute approximate surface area is 212 Å². The molecule has 3 heterocycles. The molecule has 1 amide bonds. The molecule has 0 fully saturated rings. The molecule has 0 bridgehead atoms. The van der Waals surface area contributed by atoms with E-state index in [1.807, 2.05) is 19.1 Å². The monoisotopic (exact) mass is 513 g/mol. The van der Waals surface area contributed by atoms with Crippen molar-refractivity contribution >= 4 is 27.1 Å². The first-order valence-corrected chi connectivity index (χ1v) is 13.0. The first-order valence-electron chi connectivity index (χ1n) is 11.1. The third kappa shape index (κ3) is 4.98. The maximum atomic E-state index is 13.4. The van der Waals surface area contributed by atoms with Gasteiger partial charge in [-0.2, -0.15) is 5.10 Å². The van der Waals surface area contributed by atoms with Gasteiger partial charge in [-0.15, -0.1) is 0 Å². The second kappa shape index (κ2) is 9.37. The molecular weight excluding hydrogens is 493 g/mol. The fourth-order valence-corrected chi connectivity index (χ4v) is 4.35. The number of sulfone groups is 1. The number of hydrogen-bond acceptors (Lipinski definition) is 5. The van der Waals surface area contributed by atoms with E-state index in [1.54, 1.807) is 35.1 Å². The van der Waals surface area contributed by atoms with Gasteiger partial charge in [-0.3, -0.25) is 4.79 Å². The second-order valence-corrected chi connectivity index (χ2v) is 10.4. The van der Waals surface area contributed by atoms with Gasteiger partial charge in [-0.1, -0.05) is 12.0 Å². The van der Waals surface area contributed by atoms with Gasteiger partial charge >= 0.3 is 0 Å². The highest BCUT2D eigenvalue weighted by Gasteiger charge is 2.21. The van der Waals surface area contributed by atoms with E-state index in [2.05, 4.69) is 32.2 Å². The lowest BCUT2D eigenvalue weighted by atomic mass is 10.1. The van der Waals surface area contributed by atoms with Crippen molar-refractivity contribution in [2.45, 2.75) is 11.9 Å². The van der Waals surface area contributed by atoms with Crippen LogP contribution in [0.15, 0.2) is 78.1 Å². The molecule has 184 valence electrons. The summed E-state index contributed by atoms with van der Waals surface area (Å²) in [6.45, 7) is 1.90. The molecule has 0 saturated carbocycles. The molecule has 3 aromatic heterocycles. The molecule has 0 aliphatic carbocycles. The average molecular weight is 514 g/mol. The Balaban J connectivity index is 1.47. The lowest BCUT2D eigenvalue weighted by Crippen LogP contribution is -2.12. The maximum Gasteiger partial charge on any atom is 0.257 e. The molecule has 2 aromatic carbocycles. The molecule has 8 nitrogen and oxygen atoms in total. The van der Waals surface area contributed by atoms with E-state index in [0.717, 1.165) is 11.8 Å². The number of carbonyl (C=O) groups excluding carboxylic acids is 1. The molecule has 37 heavy (non-hydrogen) atoms. The summed E-state index contributed by atoms with van der Waals surface area (Å²) >= 11 is 0. The summed E-state index contributed by atoms with van der Waals surface area (Å²) in [7, 11) is -3.62. The smallest absolute Gasteiger partial charge is 0.257 e. The summed E-state index contributed by atoms with van der Waals surface area (Å²) in [6, 6.07) is 15.6. The largest absolute Gasteiger partial charge is 0.345 e. The van der Waals surface area contributed by atoms with Gasteiger partial charge in [-0.05, 0) is 78.6 Å². The zero-order chi connectivity index (χ0) is 26.2. The Morgan fingerprint density at radius 1 is 1.08 bits per heavy atom. The Morgan fingerprint density at radius 3 is 2.62 bits per heavy atom. The summed E-state index contributed by atoms with van der Waals surface area (Å²) < 4.78 is 39.4. The zero-order valence-corrected chi connectivity index (χ0v) is 20.6. The van der Waals surface area contributed by atoms with Crippen LogP contribution in [0.25, 0.3) is 16.9 Å². The lowest BCUT2D eigenvalue weighted by molar-refractivity contribution is 0.102. The van der Waals surface area contributed by atoms with E-state index in [-0.39, 0.29) is 16.3 Å². The predicted octanol–water partition coefficient (Wildman–Crippen LogP) is 4.23. The van der Waals surface area contributed by atoms with Gasteiger partial charge in [0.1, 0.15) is 16.5 Å². The number of aromatic nitrogens is 4. The highest BCUT2D eigenvalue weighted by molar-refractivity contribution is 7.90. The molecule has 0 atom stereocenters. The van der Waals surface area contributed by atoms with Gasteiger partial charge in [0.05, 0.1) is 17.5 Å². The van der Waals surface area contributed by atoms with Gasteiger partial charge in [0, 0.05) is 23.7 Å². The summed E-state index contributed by atoms with van der Waals surface area (Å²) in [5.74, 6) is 5.19. The number of nitrogens with one attached hydrogen (secondary N) is 2. The van der Waals surface area contributed by atoms with Crippen molar-refractivity contribution in [3.8, 4) is 23.1 Å². The summed E-state index contributed by atoms with van der Waals surface area (Å²) in [4.78, 5) is 20.3. The fourth-order valence-electron chi connectivity index (χ4n) is 3.73. The Hall–Kier alpha value is -4.75. The molecule has 0 spiro atoms. The van der Waals surface area contributed by atoms with Crippen molar-refractivity contribution in [3.05, 3.63) is 101 Å². The number of aryl methyl sites for hydroxylation is 1. The van der Waals surface area contributed by atoms with Crippen molar-refractivity contribution in [1.29, 1.82) is 0 Å². The maximum absolute atomic E-state index is 13.4. The van der Waals surface area contributed by atoms with Crippen LogP contribution in [0, 0.1) is 24.6 Å². The van der Waals surface area contributed by atoms with E-state index < -0.39 is 21.6 Å². The SMILES string of the molecule is Cc1ccc(NC(=O)c2cc(S(C)(=O)=O)[nH]c2-c2ccc(F)cc2)cc1C#Cc1cnc2cccnn12. The number of anilines is 1. The molecule has 0 radical (unpaired) electrons. The minimum absolute atomic E-state index is 0.108. The van der Waals surface area contributed by atoms with Crippen LogP contribution in [0.1, 0.15) is 27.2 Å². The molecule has 0 aliphatic rings. The van der Waals surface area contributed by atoms with Crippen molar-refractivity contribution < 1.29 is 17.6 Å². The third-order valence-electron chi connectivity index (χ3n) is 5.67. The average Bonchev–Trinajstić information content (AvgIpc) is 3.50. The Bertz CT molecular complexity index is 1830. The number of imidazole rings is 1. The quantitative estimate of drug-likeness (QED) is 0.350. The Morgan fingerprint density at radius 2 is 1.86 bits per heavy atom. The number of rotatable bonds is 4. The number of benzene rings is 2. The van der Waals surface area contributed by atoms with Gasteiger partial charge < -0.3 is 10.3 Å². The fraction of sp³-hybridized carbons (Fsp3) is 0.0741. The predicted molar refractivity (Wildman–Crippen MR) is 137 cm³/mol. The molecular formula is C27H20FN5O3S. The standard InChI is InChI=1S/C27H20FN5O3S/c1-17-5-11-21(14-19(17)8-12-22-16-29-24-4-3-13-30-33(22)24)31-27(34)23-15-25(37(2,35)36)32-26(23)18-6-9-20(28)10-7-18/h3-7,9-11,13-16,32H,1-2H3,(H,31,34). The van der Waals surface area contributed by atoms with Crippen LogP contribution in [0.2, 0.25) is 0 Å². The van der Waals surface area contributed by atoms with Gasteiger partial charge in [0.15, 0.2) is 15.5 Å². The first-order chi connectivity index (χ1) is 17.7. The van der Waals surface area contributed by atoms with Crippen LogP contribution in [0.4, 0.5) is 10.1 Å². The first kappa shape index (κ1) is 24.0. The zero-order valence-electron chi connectivity index (χ0n) is 19.8. The summed E-state index contributed by atoms with van der Waals surface area (Å²) in [5.41, 5.74) is 4.22. The molecule has 0 aliphatic heterocycles. The number of halogens is 1. The normalized spacial score (nSPS) is 11.2. The van der Waals surface area contributed by atoms with Crippen molar-refractivity contribution in [2.24, 2.45) is 0 Å². The van der Waals surface area contributed by atoms with Gasteiger partial charge in [-0.25, -0.2) is 22.3 Å². The van der Waals surface area contributed by atoms with E-state index in [1.165, 1.54) is 30.3 Å². The molecule has 10 heteroatoms. The topological polar surface area (TPSA) is 109 Å². The van der Waals surface area contributed by atoms with Crippen LogP contribution in [-0.4, -0.2) is 40.2 Å². The second-order valence-electron chi connectivity index (χ2n) is 8.37. The molecule has 5 rings (SSSR count). The number of amides is 1. The van der Waals surface area contributed by atoms with E-state index in [4.69, 9.17) is 0 Å². The van der Waals surface area contributed by atoms with Crippen molar-refractivity contribution in [3.63, 3.8) is 0 Å². The van der Waals surface area contributed by atoms with Crippen LogP contribution in [0.3, 0.4) is 0 Å². The van der Waals surface area contributed by atoms with E-state index in [9.17, 15) is 17.6 Å². The van der Waals surface area contributed by atoms with Crippen molar-refractivity contribution in [1.82, 2.24) is 19.6 Å². The number of nitrogens with zero attached hydrogens (tertiary/aromatic N) is 3. The Kier molecular flexibility index (Phi) is 6.07. The molecule has 5 aromatic rings. The molecule has 0 saturated heterocycles. The van der Waals surface area contributed by atoms with Gasteiger partial charge in [0.2, 0.25) is 0 Å². The highest BCUT2D eigenvalue weighted by atomic mass is 32.2. The number of carbonyl (C=O) groups is 1. The summed E-state index contributed by atoms with van der Waals surface area (Å²) in [5, 5.41) is 6.94. The molecule has 2 N–H and O–H groups in total. The van der Waals surface area contributed by atoms with E-state index in [0.29, 0.717) is 28.2 Å². The van der Waals surface area contributed by atoms with Crippen LogP contribution >= 0.6 is 0 Å².